The summed E-state index contributed by atoms with van der Waals surface area (Å²) in [6.07, 6.45) is 4.31. The summed E-state index contributed by atoms with van der Waals surface area (Å²) in [5, 5.41) is 14.1. The molecule has 2 heterocycles. The van der Waals surface area contributed by atoms with Crippen molar-refractivity contribution in [3.63, 3.8) is 0 Å². The second kappa shape index (κ2) is 5.89. The van der Waals surface area contributed by atoms with Gasteiger partial charge < -0.3 is 9.73 Å². The van der Waals surface area contributed by atoms with Crippen LogP contribution in [0.3, 0.4) is 0 Å². The zero-order valence-electron chi connectivity index (χ0n) is 13.0. The van der Waals surface area contributed by atoms with Crippen molar-refractivity contribution in [1.29, 1.82) is 0 Å². The molecular weight excluding hydrogens is 282 g/mol. The van der Waals surface area contributed by atoms with Gasteiger partial charge in [-0.1, -0.05) is 0 Å². The number of aryl methyl sites for hydroxylation is 1. The third-order valence-electron chi connectivity index (χ3n) is 3.83. The van der Waals surface area contributed by atoms with Gasteiger partial charge in [-0.05, 0) is 57.0 Å². The van der Waals surface area contributed by atoms with Crippen LogP contribution in [0.1, 0.15) is 61.8 Å². The molecule has 1 unspecified atom stereocenters. The number of fused-ring (bicyclic) bond motifs is 1. The quantitative estimate of drug-likeness (QED) is 0.939. The van der Waals surface area contributed by atoms with Crippen molar-refractivity contribution in [3.8, 4) is 0 Å². The monoisotopic (exact) mass is 305 g/mol. The number of hydrogen-bond acceptors (Lipinski definition) is 5. The van der Waals surface area contributed by atoms with E-state index in [9.17, 15) is 0 Å². The van der Waals surface area contributed by atoms with Crippen molar-refractivity contribution < 1.29 is 4.42 Å². The molecule has 0 aliphatic heterocycles. The van der Waals surface area contributed by atoms with Crippen LogP contribution in [0.2, 0.25) is 0 Å². The number of nitrogens with zero attached hydrogens (tertiary/aromatic N) is 2. The van der Waals surface area contributed by atoms with Crippen molar-refractivity contribution >= 4 is 11.3 Å². The van der Waals surface area contributed by atoms with Crippen LogP contribution in [0, 0.1) is 0 Å². The molecule has 0 saturated heterocycles. The number of thiophene rings is 1. The lowest BCUT2D eigenvalue weighted by atomic mass is 9.88. The van der Waals surface area contributed by atoms with Crippen LogP contribution < -0.4 is 5.32 Å². The van der Waals surface area contributed by atoms with Gasteiger partial charge in [-0.15, -0.1) is 21.5 Å². The van der Waals surface area contributed by atoms with Crippen LogP contribution in [-0.2, 0) is 12.8 Å². The number of nitrogens with one attached hydrogen (secondary N) is 1. The van der Waals surface area contributed by atoms with Crippen molar-refractivity contribution in [1.82, 2.24) is 15.5 Å². The van der Waals surface area contributed by atoms with Crippen LogP contribution in [0.15, 0.2) is 15.9 Å². The first-order chi connectivity index (χ1) is 10.0. The smallest absolute Gasteiger partial charge is 0.224 e. The SMILES string of the molecule is CC(C)(C)NCCc1nnc(C2CCCc3sccc32)o1. The number of rotatable bonds is 4. The molecular formula is C16H23N3OS. The molecule has 0 radical (unpaired) electrons. The number of hydrogen-bond donors (Lipinski definition) is 1. The van der Waals surface area contributed by atoms with E-state index in [0.29, 0.717) is 5.92 Å². The average Bonchev–Trinajstić information content (AvgIpc) is 3.04. The maximum atomic E-state index is 5.91. The Morgan fingerprint density at radius 2 is 2.24 bits per heavy atom. The lowest BCUT2D eigenvalue weighted by Crippen LogP contribution is -2.37. The Morgan fingerprint density at radius 1 is 1.38 bits per heavy atom. The van der Waals surface area contributed by atoms with Crippen LogP contribution in [0.4, 0.5) is 0 Å². The van der Waals surface area contributed by atoms with Crippen molar-refractivity contribution in [2.24, 2.45) is 0 Å². The minimum Gasteiger partial charge on any atom is -0.425 e. The van der Waals surface area contributed by atoms with Gasteiger partial charge in [0.2, 0.25) is 11.8 Å². The van der Waals surface area contributed by atoms with Gasteiger partial charge in [-0.25, -0.2) is 0 Å². The molecule has 114 valence electrons. The molecule has 0 amide bonds. The molecule has 1 atom stereocenters. The Labute approximate surface area is 130 Å². The Hall–Kier alpha value is -1.20. The summed E-state index contributed by atoms with van der Waals surface area (Å²) >= 11 is 1.85. The van der Waals surface area contributed by atoms with E-state index in [2.05, 4.69) is 47.7 Å². The topological polar surface area (TPSA) is 51.0 Å². The minimum atomic E-state index is 0.123. The highest BCUT2D eigenvalue weighted by Gasteiger charge is 2.27. The van der Waals surface area contributed by atoms with Gasteiger partial charge in [0, 0.05) is 23.4 Å². The summed E-state index contributed by atoms with van der Waals surface area (Å²) in [4.78, 5) is 1.49. The summed E-state index contributed by atoms with van der Waals surface area (Å²) in [6, 6.07) is 2.22. The fourth-order valence-corrected chi connectivity index (χ4v) is 3.78. The molecule has 1 aliphatic carbocycles. The molecule has 0 bridgehead atoms. The van der Waals surface area contributed by atoms with Gasteiger partial charge in [-0.2, -0.15) is 0 Å². The summed E-state index contributed by atoms with van der Waals surface area (Å²) in [6.45, 7) is 7.34. The summed E-state index contributed by atoms with van der Waals surface area (Å²) < 4.78 is 5.91. The lowest BCUT2D eigenvalue weighted by molar-refractivity contribution is 0.389. The molecule has 0 fully saturated rings. The van der Waals surface area contributed by atoms with E-state index >= 15 is 0 Å². The van der Waals surface area contributed by atoms with Gasteiger partial charge in [0.05, 0.1) is 5.92 Å². The van der Waals surface area contributed by atoms with E-state index < -0.39 is 0 Å². The van der Waals surface area contributed by atoms with E-state index in [1.54, 1.807) is 0 Å². The predicted octanol–water partition coefficient (Wildman–Crippen LogP) is 3.53. The molecule has 0 spiro atoms. The maximum absolute atomic E-state index is 5.91. The first kappa shape index (κ1) is 14.7. The van der Waals surface area contributed by atoms with E-state index in [1.807, 2.05) is 11.3 Å². The zero-order valence-corrected chi connectivity index (χ0v) is 13.8. The lowest BCUT2D eigenvalue weighted by Gasteiger charge is -2.20. The molecule has 3 rings (SSSR count). The highest BCUT2D eigenvalue weighted by atomic mass is 32.1. The fourth-order valence-electron chi connectivity index (χ4n) is 2.80. The maximum Gasteiger partial charge on any atom is 0.224 e. The van der Waals surface area contributed by atoms with Crippen molar-refractivity contribution in [2.45, 2.75) is 57.9 Å². The average molecular weight is 305 g/mol. The third-order valence-corrected chi connectivity index (χ3v) is 4.82. The van der Waals surface area contributed by atoms with E-state index in [0.717, 1.165) is 31.2 Å². The highest BCUT2D eigenvalue weighted by Crippen LogP contribution is 2.38. The van der Waals surface area contributed by atoms with Crippen molar-refractivity contribution in [3.05, 3.63) is 33.7 Å². The second-order valence-corrected chi connectivity index (χ2v) is 7.71. The molecule has 2 aromatic rings. The third kappa shape index (κ3) is 3.52. The van der Waals surface area contributed by atoms with Crippen LogP contribution in [0.5, 0.6) is 0 Å². The summed E-state index contributed by atoms with van der Waals surface area (Å²) in [7, 11) is 0. The van der Waals surface area contributed by atoms with Gasteiger partial charge in [0.15, 0.2) is 0 Å². The summed E-state index contributed by atoms with van der Waals surface area (Å²) in [5.74, 6) is 1.83. The molecule has 4 nitrogen and oxygen atoms in total. The predicted molar refractivity (Wildman–Crippen MR) is 84.9 cm³/mol. The van der Waals surface area contributed by atoms with Gasteiger partial charge in [0.1, 0.15) is 0 Å². The Kier molecular flexibility index (Phi) is 4.13. The van der Waals surface area contributed by atoms with E-state index in [1.165, 1.54) is 23.3 Å². The fraction of sp³-hybridized carbons (Fsp3) is 0.625. The zero-order chi connectivity index (χ0) is 14.9. The Bertz CT molecular complexity index is 597. The van der Waals surface area contributed by atoms with Crippen molar-refractivity contribution in [2.75, 3.05) is 6.54 Å². The normalized spacial score (nSPS) is 18.7. The standard InChI is InChI=1S/C16H23N3OS/c1-16(2,3)17-9-7-14-18-19-15(20-14)12-5-4-6-13-11(12)8-10-21-13/h8,10,12,17H,4-7,9H2,1-3H3. The van der Waals surface area contributed by atoms with E-state index in [4.69, 9.17) is 4.42 Å². The summed E-state index contributed by atoms with van der Waals surface area (Å²) in [5.41, 5.74) is 1.52. The second-order valence-electron chi connectivity index (χ2n) is 6.70. The van der Waals surface area contributed by atoms with Crippen LogP contribution in [-0.4, -0.2) is 22.3 Å². The molecule has 21 heavy (non-hydrogen) atoms. The van der Waals surface area contributed by atoms with Gasteiger partial charge >= 0.3 is 0 Å². The Morgan fingerprint density at radius 3 is 3.05 bits per heavy atom. The molecule has 1 N–H and O–H groups in total. The molecule has 0 aromatic carbocycles. The molecule has 1 aliphatic rings. The largest absolute Gasteiger partial charge is 0.425 e. The molecule has 0 saturated carbocycles. The number of aromatic nitrogens is 2. The van der Waals surface area contributed by atoms with Gasteiger partial charge in [0.25, 0.3) is 0 Å². The van der Waals surface area contributed by atoms with E-state index in [-0.39, 0.29) is 5.54 Å². The van der Waals surface area contributed by atoms with Crippen LogP contribution >= 0.6 is 11.3 Å². The molecule has 5 heteroatoms. The molecule has 2 aromatic heterocycles. The Balaban J connectivity index is 1.66. The first-order valence-corrected chi connectivity index (χ1v) is 8.54. The van der Waals surface area contributed by atoms with Gasteiger partial charge in [-0.3, -0.25) is 0 Å². The minimum absolute atomic E-state index is 0.123. The van der Waals surface area contributed by atoms with Crippen LogP contribution in [0.25, 0.3) is 0 Å². The first-order valence-electron chi connectivity index (χ1n) is 7.66. The highest BCUT2D eigenvalue weighted by molar-refractivity contribution is 7.10.